The third kappa shape index (κ3) is 3.42. The number of Topliss-reactive ketones (excluding diaryl/α,β-unsaturated/α-hetero) is 1. The lowest BCUT2D eigenvalue weighted by molar-refractivity contribution is -0.138. The molecule has 4 atom stereocenters. The molecule has 1 aliphatic carbocycles. The number of ketones is 1. The molecule has 0 amide bonds. The fourth-order valence-electron chi connectivity index (χ4n) is 3.75. The summed E-state index contributed by atoms with van der Waals surface area (Å²) in [6.45, 7) is 0.727. The van der Waals surface area contributed by atoms with Crippen molar-refractivity contribution in [3.8, 4) is 0 Å². The lowest BCUT2D eigenvalue weighted by Crippen LogP contribution is -2.49. The minimum absolute atomic E-state index is 0.0625. The number of nitrogen functional groups attached to an aromatic ring is 1. The van der Waals surface area contributed by atoms with Crippen LogP contribution in [0.3, 0.4) is 0 Å². The number of carbonyl (C=O) groups is 1. The number of hydrogen-bond donors (Lipinski definition) is 3. The summed E-state index contributed by atoms with van der Waals surface area (Å²) in [4.78, 5) is 26.9. The average molecular weight is 362 g/mol. The van der Waals surface area contributed by atoms with Crippen molar-refractivity contribution in [3.05, 3.63) is 12.7 Å². The van der Waals surface area contributed by atoms with Gasteiger partial charge in [-0.25, -0.2) is 15.0 Å². The topological polar surface area (TPSA) is 130 Å². The van der Waals surface area contributed by atoms with Crippen molar-refractivity contribution >= 4 is 22.8 Å². The van der Waals surface area contributed by atoms with Crippen molar-refractivity contribution in [2.75, 3.05) is 33.0 Å². The number of anilines is 1. The zero-order valence-electron chi connectivity index (χ0n) is 15.1. The molecule has 2 heterocycles. The molecule has 1 unspecified atom stereocenters. The molecule has 0 aliphatic heterocycles. The van der Waals surface area contributed by atoms with Crippen LogP contribution in [0.1, 0.15) is 25.3 Å². The van der Waals surface area contributed by atoms with Gasteiger partial charge in [0.1, 0.15) is 17.9 Å². The maximum Gasteiger partial charge on any atom is 0.165 e. The van der Waals surface area contributed by atoms with Crippen LogP contribution < -0.4 is 5.73 Å². The van der Waals surface area contributed by atoms with E-state index in [1.54, 1.807) is 6.33 Å². The Morgan fingerprint density at radius 1 is 1.42 bits per heavy atom. The smallest absolute Gasteiger partial charge is 0.165 e. The largest absolute Gasteiger partial charge is 0.396 e. The molecule has 9 heteroatoms. The first-order valence-corrected chi connectivity index (χ1v) is 8.83. The Hall–Kier alpha value is -2.10. The first kappa shape index (κ1) is 18.7. The lowest BCUT2D eigenvalue weighted by Gasteiger charge is -2.46. The molecular formula is C17H26N6O3. The van der Waals surface area contributed by atoms with Gasteiger partial charge in [0.25, 0.3) is 0 Å². The summed E-state index contributed by atoms with van der Waals surface area (Å²) in [5.41, 5.74) is 6.91. The van der Waals surface area contributed by atoms with Crippen LogP contribution in [-0.2, 0) is 4.79 Å². The van der Waals surface area contributed by atoms with Crippen LogP contribution in [0, 0.1) is 11.8 Å². The zero-order chi connectivity index (χ0) is 18.8. The standard InChI is InChI=1S/C17H26N6O3/c1-22(2)5-3-4-12(25)15(26)13-10(7-24)6-11(13)23-9-21-14-16(18)19-8-20-17(14)23/h8-11,13,15,24,26H,3-7H2,1-2H3,(H2,18,19,20)/t10-,11-,13+,15?/m1/s1. The van der Waals surface area contributed by atoms with Gasteiger partial charge in [-0.05, 0) is 39.4 Å². The Labute approximate surface area is 151 Å². The third-order valence-electron chi connectivity index (χ3n) is 5.23. The van der Waals surface area contributed by atoms with E-state index in [0.29, 0.717) is 36.2 Å². The Kier molecular flexibility index (Phi) is 5.49. The molecular weight excluding hydrogens is 336 g/mol. The van der Waals surface area contributed by atoms with E-state index in [1.807, 2.05) is 23.6 Å². The van der Waals surface area contributed by atoms with Gasteiger partial charge in [0.2, 0.25) is 0 Å². The first-order valence-electron chi connectivity index (χ1n) is 8.83. The highest BCUT2D eigenvalue weighted by Gasteiger charge is 2.48. The summed E-state index contributed by atoms with van der Waals surface area (Å²) >= 11 is 0. The van der Waals surface area contributed by atoms with E-state index in [0.717, 1.165) is 6.54 Å². The van der Waals surface area contributed by atoms with E-state index in [-0.39, 0.29) is 30.3 Å². The van der Waals surface area contributed by atoms with Crippen LogP contribution in [0.25, 0.3) is 11.2 Å². The molecule has 142 valence electrons. The van der Waals surface area contributed by atoms with Gasteiger partial charge in [-0.2, -0.15) is 0 Å². The Balaban J connectivity index is 1.77. The van der Waals surface area contributed by atoms with Crippen LogP contribution in [0.15, 0.2) is 12.7 Å². The van der Waals surface area contributed by atoms with E-state index in [9.17, 15) is 15.0 Å². The zero-order valence-corrected chi connectivity index (χ0v) is 15.1. The highest BCUT2D eigenvalue weighted by Crippen LogP contribution is 2.47. The second-order valence-corrected chi connectivity index (χ2v) is 7.22. The SMILES string of the molecule is CN(C)CCCC(=O)C(O)[C@H]1[C@@H](CO)C[C@H]1n1cnc2c(N)ncnc21. The van der Waals surface area contributed by atoms with Crippen molar-refractivity contribution < 1.29 is 15.0 Å². The molecule has 0 radical (unpaired) electrons. The summed E-state index contributed by atoms with van der Waals surface area (Å²) in [5, 5.41) is 20.2. The van der Waals surface area contributed by atoms with Crippen molar-refractivity contribution in [1.29, 1.82) is 0 Å². The second kappa shape index (κ2) is 7.65. The van der Waals surface area contributed by atoms with Crippen molar-refractivity contribution in [2.45, 2.75) is 31.4 Å². The quantitative estimate of drug-likeness (QED) is 0.591. The fraction of sp³-hybridized carbons (Fsp3) is 0.647. The second-order valence-electron chi connectivity index (χ2n) is 7.22. The van der Waals surface area contributed by atoms with Gasteiger partial charge in [0, 0.05) is 25.0 Å². The Morgan fingerprint density at radius 2 is 2.19 bits per heavy atom. The van der Waals surface area contributed by atoms with Gasteiger partial charge < -0.3 is 25.4 Å². The number of fused-ring (bicyclic) bond motifs is 1. The van der Waals surface area contributed by atoms with Crippen molar-refractivity contribution in [3.63, 3.8) is 0 Å². The van der Waals surface area contributed by atoms with Crippen molar-refractivity contribution in [1.82, 2.24) is 24.4 Å². The molecule has 26 heavy (non-hydrogen) atoms. The number of aromatic nitrogens is 4. The van der Waals surface area contributed by atoms with Crippen LogP contribution in [0.4, 0.5) is 5.82 Å². The first-order chi connectivity index (χ1) is 12.4. The van der Waals surface area contributed by atoms with Crippen molar-refractivity contribution in [2.24, 2.45) is 11.8 Å². The van der Waals surface area contributed by atoms with Crippen LogP contribution in [-0.4, -0.2) is 73.8 Å². The minimum atomic E-state index is -1.11. The van der Waals surface area contributed by atoms with E-state index in [4.69, 9.17) is 5.73 Å². The third-order valence-corrected chi connectivity index (χ3v) is 5.23. The molecule has 0 saturated heterocycles. The highest BCUT2D eigenvalue weighted by atomic mass is 16.3. The highest BCUT2D eigenvalue weighted by molar-refractivity contribution is 5.84. The number of carbonyl (C=O) groups excluding carboxylic acids is 1. The molecule has 1 saturated carbocycles. The number of rotatable bonds is 8. The average Bonchev–Trinajstić information content (AvgIpc) is 2.99. The monoisotopic (exact) mass is 362 g/mol. The Bertz CT molecular complexity index is 777. The van der Waals surface area contributed by atoms with Crippen LogP contribution >= 0.6 is 0 Å². The van der Waals surface area contributed by atoms with Gasteiger partial charge in [-0.3, -0.25) is 4.79 Å². The normalized spacial score (nSPS) is 24.0. The van der Waals surface area contributed by atoms with Gasteiger partial charge in [0.05, 0.1) is 6.33 Å². The lowest BCUT2D eigenvalue weighted by atomic mass is 9.65. The molecule has 2 aromatic heterocycles. The summed E-state index contributed by atoms with van der Waals surface area (Å²) in [6, 6.07) is -0.153. The molecule has 3 rings (SSSR count). The van der Waals surface area contributed by atoms with E-state index >= 15 is 0 Å². The maximum atomic E-state index is 12.4. The predicted molar refractivity (Wildman–Crippen MR) is 96.3 cm³/mol. The van der Waals surface area contributed by atoms with E-state index < -0.39 is 6.10 Å². The van der Waals surface area contributed by atoms with Crippen LogP contribution in [0.2, 0.25) is 0 Å². The van der Waals surface area contributed by atoms with Gasteiger partial charge in [0.15, 0.2) is 17.2 Å². The fourth-order valence-corrected chi connectivity index (χ4v) is 3.75. The molecule has 0 bridgehead atoms. The summed E-state index contributed by atoms with van der Waals surface area (Å²) in [7, 11) is 3.89. The number of aliphatic hydroxyl groups is 2. The molecule has 0 spiro atoms. The summed E-state index contributed by atoms with van der Waals surface area (Å²) < 4.78 is 1.83. The molecule has 0 aromatic carbocycles. The molecule has 1 fully saturated rings. The number of nitrogens with two attached hydrogens (primary N) is 1. The van der Waals surface area contributed by atoms with Crippen LogP contribution in [0.5, 0.6) is 0 Å². The number of nitrogens with zero attached hydrogens (tertiary/aromatic N) is 5. The van der Waals surface area contributed by atoms with Gasteiger partial charge in [-0.15, -0.1) is 0 Å². The van der Waals surface area contributed by atoms with E-state index in [1.165, 1.54) is 6.33 Å². The van der Waals surface area contributed by atoms with Gasteiger partial charge >= 0.3 is 0 Å². The number of aliphatic hydroxyl groups excluding tert-OH is 2. The molecule has 9 nitrogen and oxygen atoms in total. The predicted octanol–water partition coefficient (Wildman–Crippen LogP) is -0.150. The van der Waals surface area contributed by atoms with Gasteiger partial charge in [-0.1, -0.05) is 0 Å². The maximum absolute atomic E-state index is 12.4. The molecule has 1 aliphatic rings. The van der Waals surface area contributed by atoms with E-state index in [2.05, 4.69) is 15.0 Å². The number of imidazole rings is 1. The minimum Gasteiger partial charge on any atom is -0.396 e. The summed E-state index contributed by atoms with van der Waals surface area (Å²) in [6.07, 6.45) is 3.55. The molecule has 2 aromatic rings. The summed E-state index contributed by atoms with van der Waals surface area (Å²) in [5.74, 6) is -0.368. The Morgan fingerprint density at radius 3 is 2.88 bits per heavy atom. The number of hydrogen-bond acceptors (Lipinski definition) is 8. The molecule has 4 N–H and O–H groups in total.